The van der Waals surface area contributed by atoms with Gasteiger partial charge in [0.25, 0.3) is 0 Å². The van der Waals surface area contributed by atoms with Gasteiger partial charge in [0.15, 0.2) is 6.21 Å². The fraction of sp³-hybridized carbons (Fsp3) is 0.100. The Kier molecular flexibility index (Phi) is 6.95. The molecule has 1 aromatic carbocycles. The quantitative estimate of drug-likeness (QED) is 0.346. The molecule has 0 unspecified atom stereocenters. The summed E-state index contributed by atoms with van der Waals surface area (Å²) >= 11 is 5.90. The number of aryl methyl sites for hydroxylation is 1. The standard InChI is InChI=1S/C10H8ClN2.Y/c1-8-4-5-9(7-10(8)11)3-2-6-13-12;/h2-5,7H,1H3;/q-1;/b3-2+;. The third kappa shape index (κ3) is 4.30. The van der Waals surface area contributed by atoms with Gasteiger partial charge in [-0.1, -0.05) is 29.8 Å². The van der Waals surface area contributed by atoms with Gasteiger partial charge in [0, 0.05) is 37.7 Å². The fourth-order valence-corrected chi connectivity index (χ4v) is 1.07. The van der Waals surface area contributed by atoms with Crippen LogP contribution in [0.1, 0.15) is 11.1 Å². The molecule has 0 atom stereocenters. The van der Waals surface area contributed by atoms with Gasteiger partial charge in [-0.15, -0.1) is 11.6 Å². The van der Waals surface area contributed by atoms with E-state index >= 15 is 0 Å². The molecule has 0 saturated carbocycles. The summed E-state index contributed by atoms with van der Waals surface area (Å²) in [4.78, 5) is 2.72. The number of hydrogen-bond donors (Lipinski definition) is 0. The van der Waals surface area contributed by atoms with E-state index in [1.54, 1.807) is 6.08 Å². The summed E-state index contributed by atoms with van der Waals surface area (Å²) < 4.78 is 0. The summed E-state index contributed by atoms with van der Waals surface area (Å²) in [7, 11) is 0. The fourth-order valence-electron chi connectivity index (χ4n) is 0.880. The van der Waals surface area contributed by atoms with E-state index in [0.29, 0.717) is 0 Å². The van der Waals surface area contributed by atoms with Crippen LogP contribution in [0.5, 0.6) is 0 Å². The van der Waals surface area contributed by atoms with E-state index in [1.807, 2.05) is 25.1 Å². The van der Waals surface area contributed by atoms with Crippen LogP contribution < -0.4 is 0 Å². The topological polar surface area (TPSA) is 36.4 Å². The van der Waals surface area contributed by atoms with Crippen molar-refractivity contribution in [1.29, 1.82) is 0 Å². The molecule has 1 aromatic rings. The maximum Gasteiger partial charge on any atom is 0.176 e. The van der Waals surface area contributed by atoms with Gasteiger partial charge < -0.3 is 5.53 Å². The minimum absolute atomic E-state index is 0. The molecule has 0 aliphatic carbocycles. The monoisotopic (exact) mass is 280 g/mol. The van der Waals surface area contributed by atoms with Crippen molar-refractivity contribution in [2.45, 2.75) is 6.92 Å². The molecule has 0 saturated heterocycles. The Labute approximate surface area is 113 Å². The first-order valence-corrected chi connectivity index (χ1v) is 4.14. The Hall–Kier alpha value is -0.266. The molecule has 1 radical (unpaired) electrons. The SMILES string of the molecule is Cc1ccc(/C=C/[C-]=[N+]=[N-])cc1Cl.[Y]. The third-order valence-corrected chi connectivity index (χ3v) is 2.01. The first kappa shape index (κ1) is 13.7. The molecule has 0 heterocycles. The predicted molar refractivity (Wildman–Crippen MR) is 53.8 cm³/mol. The predicted octanol–water partition coefficient (Wildman–Crippen LogP) is 2.84. The van der Waals surface area contributed by atoms with Crippen LogP contribution >= 0.6 is 11.6 Å². The van der Waals surface area contributed by atoms with Crippen LogP contribution in [-0.4, -0.2) is 11.0 Å². The second-order valence-corrected chi connectivity index (χ2v) is 2.98. The van der Waals surface area contributed by atoms with E-state index in [2.05, 4.69) is 11.0 Å². The number of allylic oxidation sites excluding steroid dienone is 1. The van der Waals surface area contributed by atoms with Crippen LogP contribution in [0.2, 0.25) is 5.02 Å². The van der Waals surface area contributed by atoms with E-state index in [-0.39, 0.29) is 32.7 Å². The number of nitrogens with zero attached hydrogens (tertiary/aromatic N) is 2. The molecule has 0 aliphatic heterocycles. The van der Waals surface area contributed by atoms with Gasteiger partial charge in [0.05, 0.1) is 0 Å². The zero-order valence-corrected chi connectivity index (χ0v) is 11.3. The molecule has 0 aromatic heterocycles. The van der Waals surface area contributed by atoms with Crippen LogP contribution in [0.15, 0.2) is 24.3 Å². The third-order valence-electron chi connectivity index (χ3n) is 1.60. The van der Waals surface area contributed by atoms with E-state index in [0.717, 1.165) is 16.1 Å². The number of halogens is 1. The maximum absolute atomic E-state index is 8.08. The summed E-state index contributed by atoms with van der Waals surface area (Å²) in [5, 5.41) is 0.725. The van der Waals surface area contributed by atoms with Crippen LogP contribution in [0.25, 0.3) is 11.6 Å². The van der Waals surface area contributed by atoms with E-state index < -0.39 is 0 Å². The zero-order valence-electron chi connectivity index (χ0n) is 7.74. The Bertz CT molecular complexity index is 382. The van der Waals surface area contributed by atoms with Crippen molar-refractivity contribution in [2.24, 2.45) is 0 Å². The molecule has 69 valence electrons. The van der Waals surface area contributed by atoms with Crippen LogP contribution in [0.4, 0.5) is 0 Å². The molecule has 0 bridgehead atoms. The molecular weight excluding hydrogens is 272 g/mol. The van der Waals surface area contributed by atoms with Crippen molar-refractivity contribution < 1.29 is 37.5 Å². The second kappa shape index (κ2) is 7.08. The smallest absolute Gasteiger partial charge is 0.176 e. The summed E-state index contributed by atoms with van der Waals surface area (Å²) in [5.41, 5.74) is 10.1. The number of benzene rings is 1. The summed E-state index contributed by atoms with van der Waals surface area (Å²) in [6, 6.07) is 5.70. The van der Waals surface area contributed by atoms with Crippen molar-refractivity contribution in [1.82, 2.24) is 0 Å². The zero-order chi connectivity index (χ0) is 9.68. The molecule has 2 nitrogen and oxygen atoms in total. The average molecular weight is 281 g/mol. The van der Waals surface area contributed by atoms with E-state index in [4.69, 9.17) is 17.1 Å². The summed E-state index contributed by atoms with van der Waals surface area (Å²) in [5.74, 6) is 0. The molecule has 0 fully saturated rings. The Balaban J connectivity index is 0.00000169. The van der Waals surface area contributed by atoms with Crippen LogP contribution in [0.3, 0.4) is 0 Å². The van der Waals surface area contributed by atoms with E-state index in [9.17, 15) is 0 Å². The normalized spacial score (nSPS) is 9.29. The Morgan fingerprint density at radius 3 is 2.79 bits per heavy atom. The van der Waals surface area contributed by atoms with Crippen molar-refractivity contribution in [2.75, 3.05) is 0 Å². The molecular formula is C10H8ClN2Y-. The van der Waals surface area contributed by atoms with Crippen LogP contribution in [-0.2, 0) is 32.7 Å². The van der Waals surface area contributed by atoms with Gasteiger partial charge >= 0.3 is 0 Å². The van der Waals surface area contributed by atoms with Gasteiger partial charge in [-0.25, -0.2) is 0 Å². The van der Waals surface area contributed by atoms with E-state index in [1.165, 1.54) is 6.08 Å². The first-order chi connectivity index (χ1) is 6.24. The van der Waals surface area contributed by atoms with Crippen molar-refractivity contribution in [3.8, 4) is 0 Å². The molecule has 14 heavy (non-hydrogen) atoms. The van der Waals surface area contributed by atoms with Crippen molar-refractivity contribution >= 4 is 23.9 Å². The minimum Gasteiger partial charge on any atom is -0.385 e. The molecule has 0 amide bonds. The van der Waals surface area contributed by atoms with Gasteiger partial charge in [-0.2, -0.15) is 6.08 Å². The first-order valence-electron chi connectivity index (χ1n) is 3.76. The molecule has 0 N–H and O–H groups in total. The van der Waals surface area contributed by atoms with Crippen molar-refractivity contribution in [3.63, 3.8) is 0 Å². The molecule has 1 rings (SSSR count). The molecule has 0 aliphatic rings. The number of hydrogen-bond acceptors (Lipinski definition) is 0. The second-order valence-electron chi connectivity index (χ2n) is 2.57. The molecule has 4 heteroatoms. The van der Waals surface area contributed by atoms with Gasteiger partial charge in [-0.3, -0.25) is 4.79 Å². The Morgan fingerprint density at radius 1 is 1.50 bits per heavy atom. The van der Waals surface area contributed by atoms with Gasteiger partial charge in [-0.05, 0) is 12.5 Å². The average Bonchev–Trinajstić information content (AvgIpc) is 2.12. The minimum atomic E-state index is 0. The maximum atomic E-state index is 8.08. The summed E-state index contributed by atoms with van der Waals surface area (Å²) in [6.07, 6.45) is 5.56. The van der Waals surface area contributed by atoms with Crippen molar-refractivity contribution in [3.05, 3.63) is 46.0 Å². The largest absolute Gasteiger partial charge is 0.385 e. The number of rotatable bonds is 2. The van der Waals surface area contributed by atoms with Gasteiger partial charge in [0.2, 0.25) is 0 Å². The summed E-state index contributed by atoms with van der Waals surface area (Å²) in [6.45, 7) is 1.94. The van der Waals surface area contributed by atoms with Gasteiger partial charge in [0.1, 0.15) is 0 Å². The van der Waals surface area contributed by atoms with Crippen LogP contribution in [0, 0.1) is 6.92 Å². The Morgan fingerprint density at radius 2 is 2.21 bits per heavy atom. The molecule has 0 spiro atoms.